The molecular weight excluding hydrogens is 354 g/mol. The zero-order chi connectivity index (χ0) is 17.6. The van der Waals surface area contributed by atoms with Gasteiger partial charge in [0, 0.05) is 22.0 Å². The summed E-state index contributed by atoms with van der Waals surface area (Å²) in [5.74, 6) is -0.310. The highest BCUT2D eigenvalue weighted by Crippen LogP contribution is 2.26. The number of thiazole rings is 1. The molecule has 1 fully saturated rings. The third kappa shape index (κ3) is 4.68. The van der Waals surface area contributed by atoms with E-state index in [1.54, 1.807) is 6.08 Å². The Labute approximate surface area is 156 Å². The maximum Gasteiger partial charge on any atom is 0.262 e. The van der Waals surface area contributed by atoms with Crippen LogP contribution in [-0.4, -0.2) is 16.9 Å². The molecule has 0 atom stereocenters. The summed E-state index contributed by atoms with van der Waals surface area (Å²) in [6, 6.07) is 9.59. The van der Waals surface area contributed by atoms with Crippen molar-refractivity contribution in [2.24, 2.45) is 0 Å². The SMILES string of the molecule is N#C/C(=C\c1csc(-c2ccc(Cl)cc2)n1)C(=O)NC1CCCCC1. The van der Waals surface area contributed by atoms with Gasteiger partial charge < -0.3 is 5.32 Å². The number of rotatable bonds is 4. The molecule has 3 rings (SSSR count). The molecule has 6 heteroatoms. The quantitative estimate of drug-likeness (QED) is 0.619. The zero-order valence-electron chi connectivity index (χ0n) is 13.7. The lowest BCUT2D eigenvalue weighted by molar-refractivity contribution is -0.117. The third-order valence-corrected chi connectivity index (χ3v) is 5.37. The van der Waals surface area contributed by atoms with E-state index >= 15 is 0 Å². The summed E-state index contributed by atoms with van der Waals surface area (Å²) in [6.45, 7) is 0. The van der Waals surface area contributed by atoms with E-state index in [2.05, 4.69) is 10.3 Å². The second-order valence-electron chi connectivity index (χ2n) is 6.06. The predicted molar refractivity (Wildman–Crippen MR) is 101 cm³/mol. The van der Waals surface area contributed by atoms with Gasteiger partial charge in [-0.1, -0.05) is 43.0 Å². The highest BCUT2D eigenvalue weighted by Gasteiger charge is 2.18. The van der Waals surface area contributed by atoms with Crippen LogP contribution in [0.15, 0.2) is 35.2 Å². The van der Waals surface area contributed by atoms with Crippen LogP contribution in [-0.2, 0) is 4.79 Å². The molecule has 25 heavy (non-hydrogen) atoms. The van der Waals surface area contributed by atoms with Gasteiger partial charge in [-0.3, -0.25) is 4.79 Å². The normalized spacial score (nSPS) is 15.6. The molecule has 0 unspecified atom stereocenters. The molecule has 0 saturated heterocycles. The predicted octanol–water partition coefficient (Wildman–Crippen LogP) is 4.82. The monoisotopic (exact) mass is 371 g/mol. The molecule has 0 bridgehead atoms. The first kappa shape index (κ1) is 17.7. The van der Waals surface area contributed by atoms with Crippen LogP contribution in [0.25, 0.3) is 16.6 Å². The smallest absolute Gasteiger partial charge is 0.262 e. The minimum atomic E-state index is -0.310. The molecule has 128 valence electrons. The van der Waals surface area contributed by atoms with Crippen molar-refractivity contribution < 1.29 is 4.79 Å². The Morgan fingerprint density at radius 2 is 2.00 bits per heavy atom. The van der Waals surface area contributed by atoms with Crippen molar-refractivity contribution in [1.82, 2.24) is 10.3 Å². The van der Waals surface area contributed by atoms with Crippen molar-refractivity contribution >= 4 is 34.9 Å². The van der Waals surface area contributed by atoms with Crippen LogP contribution in [0.2, 0.25) is 5.02 Å². The zero-order valence-corrected chi connectivity index (χ0v) is 15.2. The first-order chi connectivity index (χ1) is 12.2. The molecule has 2 aromatic rings. The Hall–Kier alpha value is -2.16. The number of carbonyl (C=O) groups excluding carboxylic acids is 1. The van der Waals surface area contributed by atoms with Crippen molar-refractivity contribution in [1.29, 1.82) is 5.26 Å². The van der Waals surface area contributed by atoms with Gasteiger partial charge in [0.05, 0.1) is 5.69 Å². The second kappa shape index (κ2) is 8.28. The Kier molecular flexibility index (Phi) is 5.85. The van der Waals surface area contributed by atoms with Crippen LogP contribution in [0.4, 0.5) is 0 Å². The highest BCUT2D eigenvalue weighted by molar-refractivity contribution is 7.13. The number of halogens is 1. The standard InChI is InChI=1S/C19H18ClN3OS/c20-15-8-6-13(7-9-15)19-23-17(12-25-19)10-14(11-21)18(24)22-16-4-2-1-3-5-16/h6-10,12,16H,1-5H2,(H,22,24)/b14-10+. The first-order valence-electron chi connectivity index (χ1n) is 8.30. The van der Waals surface area contributed by atoms with Crippen molar-refractivity contribution in [3.8, 4) is 16.6 Å². The van der Waals surface area contributed by atoms with E-state index in [9.17, 15) is 10.1 Å². The van der Waals surface area contributed by atoms with Gasteiger partial charge >= 0.3 is 0 Å². The molecule has 0 spiro atoms. The number of hydrogen-bond donors (Lipinski definition) is 1. The lowest BCUT2D eigenvalue weighted by Crippen LogP contribution is -2.36. The van der Waals surface area contributed by atoms with E-state index in [-0.39, 0.29) is 17.5 Å². The largest absolute Gasteiger partial charge is 0.349 e. The summed E-state index contributed by atoms with van der Waals surface area (Å²) < 4.78 is 0. The van der Waals surface area contributed by atoms with Crippen molar-refractivity contribution in [2.45, 2.75) is 38.1 Å². The summed E-state index contributed by atoms with van der Waals surface area (Å²) in [5, 5.41) is 15.6. The number of nitriles is 1. The molecule has 1 saturated carbocycles. The molecule has 1 amide bonds. The maximum atomic E-state index is 12.3. The fraction of sp³-hybridized carbons (Fsp3) is 0.316. The van der Waals surface area contributed by atoms with Crippen LogP contribution in [0.5, 0.6) is 0 Å². The lowest BCUT2D eigenvalue weighted by atomic mass is 9.95. The summed E-state index contributed by atoms with van der Waals surface area (Å²) in [6.07, 6.45) is 7.01. The number of amides is 1. The molecule has 1 aromatic heterocycles. The molecule has 0 radical (unpaired) electrons. The van der Waals surface area contributed by atoms with Gasteiger partial charge in [0.15, 0.2) is 0 Å². The minimum absolute atomic E-state index is 0.0959. The molecule has 1 N–H and O–H groups in total. The van der Waals surface area contributed by atoms with E-state index in [1.165, 1.54) is 17.8 Å². The molecule has 1 aliphatic carbocycles. The number of benzene rings is 1. The van der Waals surface area contributed by atoms with Gasteiger partial charge in [0.1, 0.15) is 16.6 Å². The Morgan fingerprint density at radius 1 is 1.28 bits per heavy atom. The Morgan fingerprint density at radius 3 is 2.68 bits per heavy atom. The van der Waals surface area contributed by atoms with Crippen molar-refractivity contribution in [3.63, 3.8) is 0 Å². The summed E-state index contributed by atoms with van der Waals surface area (Å²) in [5.41, 5.74) is 1.67. The number of nitrogens with zero attached hydrogens (tertiary/aromatic N) is 2. The summed E-state index contributed by atoms with van der Waals surface area (Å²) in [4.78, 5) is 16.8. The maximum absolute atomic E-state index is 12.3. The lowest BCUT2D eigenvalue weighted by Gasteiger charge is -2.22. The topological polar surface area (TPSA) is 65.8 Å². The minimum Gasteiger partial charge on any atom is -0.349 e. The Bertz CT molecular complexity index is 814. The van der Waals surface area contributed by atoms with Gasteiger partial charge in [-0.2, -0.15) is 5.26 Å². The highest BCUT2D eigenvalue weighted by atomic mass is 35.5. The van der Waals surface area contributed by atoms with Crippen LogP contribution < -0.4 is 5.32 Å². The van der Waals surface area contributed by atoms with E-state index in [4.69, 9.17) is 11.6 Å². The first-order valence-corrected chi connectivity index (χ1v) is 9.55. The van der Waals surface area contributed by atoms with Crippen molar-refractivity contribution in [2.75, 3.05) is 0 Å². The number of carbonyl (C=O) groups is 1. The molecular formula is C19H18ClN3OS. The molecule has 0 aliphatic heterocycles. The third-order valence-electron chi connectivity index (χ3n) is 4.21. The van der Waals surface area contributed by atoms with Gasteiger partial charge in [-0.15, -0.1) is 11.3 Å². The van der Waals surface area contributed by atoms with E-state index in [0.29, 0.717) is 10.7 Å². The summed E-state index contributed by atoms with van der Waals surface area (Å²) >= 11 is 7.37. The van der Waals surface area contributed by atoms with E-state index in [0.717, 1.165) is 36.3 Å². The fourth-order valence-electron chi connectivity index (χ4n) is 2.88. The molecule has 1 aliphatic rings. The van der Waals surface area contributed by atoms with E-state index in [1.807, 2.05) is 35.7 Å². The molecule has 4 nitrogen and oxygen atoms in total. The molecule has 1 aromatic carbocycles. The number of aromatic nitrogens is 1. The average Bonchev–Trinajstić information content (AvgIpc) is 3.09. The van der Waals surface area contributed by atoms with Crippen LogP contribution in [0.3, 0.4) is 0 Å². The van der Waals surface area contributed by atoms with Gasteiger partial charge in [-0.25, -0.2) is 4.98 Å². The van der Waals surface area contributed by atoms with Crippen LogP contribution >= 0.6 is 22.9 Å². The van der Waals surface area contributed by atoms with Crippen molar-refractivity contribution in [3.05, 3.63) is 45.9 Å². The molecule has 1 heterocycles. The van der Waals surface area contributed by atoms with Gasteiger partial charge in [0.25, 0.3) is 5.91 Å². The van der Waals surface area contributed by atoms with Gasteiger partial charge in [0.2, 0.25) is 0 Å². The number of hydrogen-bond acceptors (Lipinski definition) is 4. The fourth-order valence-corrected chi connectivity index (χ4v) is 3.79. The van der Waals surface area contributed by atoms with Crippen LogP contribution in [0.1, 0.15) is 37.8 Å². The van der Waals surface area contributed by atoms with E-state index < -0.39 is 0 Å². The summed E-state index contributed by atoms with van der Waals surface area (Å²) in [7, 11) is 0. The Balaban J connectivity index is 1.72. The van der Waals surface area contributed by atoms with Crippen LogP contribution in [0, 0.1) is 11.3 Å². The number of nitrogens with one attached hydrogen (secondary N) is 1. The van der Waals surface area contributed by atoms with Gasteiger partial charge in [-0.05, 0) is 31.1 Å². The average molecular weight is 372 g/mol. The second-order valence-corrected chi connectivity index (χ2v) is 7.36.